The van der Waals surface area contributed by atoms with E-state index in [1.54, 1.807) is 18.3 Å². The van der Waals surface area contributed by atoms with Gasteiger partial charge in [0, 0.05) is 23.1 Å². The van der Waals surface area contributed by atoms with Gasteiger partial charge in [-0.2, -0.15) is 13.2 Å². The molecule has 12 heteroatoms. The highest BCUT2D eigenvalue weighted by molar-refractivity contribution is 6.05. The molecule has 180 valence electrons. The summed E-state index contributed by atoms with van der Waals surface area (Å²) >= 11 is 0. The molecule has 0 fully saturated rings. The fourth-order valence-corrected chi connectivity index (χ4v) is 3.54. The Bertz CT molecular complexity index is 1580. The number of hydrogen-bond acceptors (Lipinski definition) is 6. The average molecular weight is 493 g/mol. The van der Waals surface area contributed by atoms with E-state index in [4.69, 9.17) is 0 Å². The molecule has 5 rings (SSSR count). The van der Waals surface area contributed by atoms with Crippen molar-refractivity contribution in [3.8, 4) is 11.3 Å². The van der Waals surface area contributed by atoms with Crippen molar-refractivity contribution in [2.24, 2.45) is 0 Å². The smallest absolute Gasteiger partial charge is 0.340 e. The maximum atomic E-state index is 14.5. The lowest BCUT2D eigenvalue weighted by molar-refractivity contribution is -0.137. The third kappa shape index (κ3) is 4.56. The Morgan fingerprint density at radius 3 is 2.61 bits per heavy atom. The number of amides is 1. The molecule has 0 radical (unpaired) electrons. The molecule has 0 unspecified atom stereocenters. The highest BCUT2D eigenvalue weighted by Gasteiger charge is 2.30. The van der Waals surface area contributed by atoms with Crippen LogP contribution in [0, 0.1) is 5.82 Å². The van der Waals surface area contributed by atoms with Gasteiger partial charge >= 0.3 is 6.18 Å². The van der Waals surface area contributed by atoms with Crippen LogP contribution in [0.1, 0.15) is 15.9 Å². The number of nitrogens with zero attached hydrogens (tertiary/aromatic N) is 4. The van der Waals surface area contributed by atoms with E-state index in [1.165, 1.54) is 30.9 Å². The maximum Gasteiger partial charge on any atom is 0.416 e. The molecule has 0 saturated heterocycles. The predicted molar refractivity (Wildman–Crippen MR) is 124 cm³/mol. The molecule has 0 atom stereocenters. The molecule has 0 saturated carbocycles. The van der Waals surface area contributed by atoms with Crippen molar-refractivity contribution >= 4 is 34.3 Å². The second kappa shape index (κ2) is 9.06. The van der Waals surface area contributed by atoms with E-state index in [-0.39, 0.29) is 11.3 Å². The van der Waals surface area contributed by atoms with Crippen molar-refractivity contribution in [3.63, 3.8) is 0 Å². The van der Waals surface area contributed by atoms with Crippen LogP contribution in [0.25, 0.3) is 22.4 Å². The molecule has 0 aliphatic heterocycles. The summed E-state index contributed by atoms with van der Waals surface area (Å²) in [6.45, 7) is 0. The first kappa shape index (κ1) is 22.9. The minimum atomic E-state index is -4.58. The van der Waals surface area contributed by atoms with Crippen LogP contribution in [0.4, 0.5) is 34.8 Å². The largest absolute Gasteiger partial charge is 0.416 e. The number of fused-ring (bicyclic) bond motifs is 1. The van der Waals surface area contributed by atoms with Crippen molar-refractivity contribution in [2.45, 2.75) is 6.18 Å². The number of nitrogens with one attached hydrogen (secondary N) is 3. The van der Waals surface area contributed by atoms with Gasteiger partial charge in [-0.3, -0.25) is 4.79 Å². The molecule has 3 aromatic heterocycles. The molecule has 2 aromatic carbocycles. The van der Waals surface area contributed by atoms with Crippen LogP contribution in [0.3, 0.4) is 0 Å². The Morgan fingerprint density at radius 1 is 0.917 bits per heavy atom. The number of alkyl halides is 3. The lowest BCUT2D eigenvalue weighted by Gasteiger charge is -2.13. The number of H-pyrrole nitrogens is 1. The first-order valence-corrected chi connectivity index (χ1v) is 10.4. The molecule has 0 bridgehead atoms. The Hall–Kier alpha value is -4.87. The van der Waals surface area contributed by atoms with E-state index in [2.05, 4.69) is 35.6 Å². The second-order valence-corrected chi connectivity index (χ2v) is 7.57. The zero-order chi connectivity index (χ0) is 25.3. The fourth-order valence-electron chi connectivity index (χ4n) is 3.54. The SMILES string of the molecule is O=C(Nc1cccc(C(F)(F)F)c1)c1cc(Nc2ncccc2-c2ncnc3[nH]cnc23)ccc1F. The summed E-state index contributed by atoms with van der Waals surface area (Å²) in [7, 11) is 0. The number of anilines is 3. The third-order valence-electron chi connectivity index (χ3n) is 5.20. The minimum Gasteiger partial charge on any atom is -0.340 e. The van der Waals surface area contributed by atoms with Crippen molar-refractivity contribution in [1.82, 2.24) is 24.9 Å². The first-order chi connectivity index (χ1) is 17.3. The number of hydrogen-bond donors (Lipinski definition) is 3. The van der Waals surface area contributed by atoms with Crippen molar-refractivity contribution in [3.05, 3.63) is 90.4 Å². The quantitative estimate of drug-likeness (QED) is 0.276. The number of pyridine rings is 1. The summed E-state index contributed by atoms with van der Waals surface area (Å²) in [6.07, 6.45) is -0.177. The highest BCUT2D eigenvalue weighted by Crippen LogP contribution is 2.32. The van der Waals surface area contributed by atoms with Gasteiger partial charge < -0.3 is 15.6 Å². The second-order valence-electron chi connectivity index (χ2n) is 7.57. The molecule has 3 heterocycles. The van der Waals surface area contributed by atoms with Gasteiger partial charge in [-0.05, 0) is 48.5 Å². The topological polar surface area (TPSA) is 108 Å². The van der Waals surface area contributed by atoms with Gasteiger partial charge in [0.05, 0.1) is 17.5 Å². The summed E-state index contributed by atoms with van der Waals surface area (Å²) in [5.41, 5.74) is 1.03. The van der Waals surface area contributed by atoms with E-state index in [1.807, 2.05) is 0 Å². The zero-order valence-corrected chi connectivity index (χ0v) is 18.1. The van der Waals surface area contributed by atoms with Gasteiger partial charge in [0.15, 0.2) is 5.65 Å². The molecular weight excluding hydrogens is 478 g/mol. The fraction of sp³-hybridized carbons (Fsp3) is 0.0417. The summed E-state index contributed by atoms with van der Waals surface area (Å²) in [5, 5.41) is 5.34. The van der Waals surface area contributed by atoms with Gasteiger partial charge in [-0.25, -0.2) is 24.3 Å². The van der Waals surface area contributed by atoms with Crippen LogP contribution < -0.4 is 10.6 Å². The number of aromatic nitrogens is 5. The third-order valence-corrected chi connectivity index (χ3v) is 5.20. The van der Waals surface area contributed by atoms with Gasteiger partial charge in [-0.1, -0.05) is 6.07 Å². The van der Waals surface area contributed by atoms with Crippen LogP contribution in [0.5, 0.6) is 0 Å². The zero-order valence-electron chi connectivity index (χ0n) is 18.1. The summed E-state index contributed by atoms with van der Waals surface area (Å²) < 4.78 is 53.4. The number of carbonyl (C=O) groups excluding carboxylic acids is 1. The first-order valence-electron chi connectivity index (χ1n) is 10.4. The Morgan fingerprint density at radius 2 is 1.78 bits per heavy atom. The van der Waals surface area contributed by atoms with E-state index < -0.39 is 23.5 Å². The van der Waals surface area contributed by atoms with Gasteiger partial charge in [0.2, 0.25) is 0 Å². The molecule has 1 amide bonds. The molecule has 8 nitrogen and oxygen atoms in total. The van der Waals surface area contributed by atoms with E-state index >= 15 is 0 Å². The van der Waals surface area contributed by atoms with Crippen molar-refractivity contribution < 1.29 is 22.4 Å². The number of imidazole rings is 1. The van der Waals surface area contributed by atoms with Gasteiger partial charge in [0.1, 0.15) is 29.2 Å². The molecule has 3 N–H and O–H groups in total. The lowest BCUT2D eigenvalue weighted by Crippen LogP contribution is -2.15. The van der Waals surface area contributed by atoms with Crippen molar-refractivity contribution in [2.75, 3.05) is 10.6 Å². The Balaban J connectivity index is 1.44. The standard InChI is InChI=1S/C24H15F4N7O/c25-18-7-6-15(10-17(18)23(36)35-14-4-1-3-13(9-14)24(26,27)28)34-21-16(5-2-8-29-21)19-20-22(32-11-30-19)33-12-31-20/h1-12H,(H,29,34)(H,35,36)(H,30,31,32,33). The van der Waals surface area contributed by atoms with Crippen LogP contribution in [-0.4, -0.2) is 30.8 Å². The number of rotatable bonds is 5. The number of aromatic amines is 1. The van der Waals surface area contributed by atoms with E-state index in [0.29, 0.717) is 33.9 Å². The monoisotopic (exact) mass is 493 g/mol. The lowest BCUT2D eigenvalue weighted by atomic mass is 10.1. The summed E-state index contributed by atoms with van der Waals surface area (Å²) in [4.78, 5) is 32.6. The number of benzene rings is 2. The normalized spacial score (nSPS) is 11.4. The Labute approximate surface area is 200 Å². The van der Waals surface area contributed by atoms with Crippen molar-refractivity contribution in [1.29, 1.82) is 0 Å². The van der Waals surface area contributed by atoms with E-state index in [9.17, 15) is 22.4 Å². The minimum absolute atomic E-state index is 0.119. The molecule has 0 spiro atoms. The molecular formula is C24H15F4N7O. The average Bonchev–Trinajstić information content (AvgIpc) is 3.34. The maximum absolute atomic E-state index is 14.5. The van der Waals surface area contributed by atoms with Crippen LogP contribution in [-0.2, 0) is 6.18 Å². The predicted octanol–water partition coefficient (Wildman–Crippen LogP) is 5.57. The van der Waals surface area contributed by atoms with Crippen LogP contribution >= 0.6 is 0 Å². The molecule has 0 aliphatic rings. The molecule has 36 heavy (non-hydrogen) atoms. The Kier molecular flexibility index (Phi) is 5.76. The van der Waals surface area contributed by atoms with Crippen LogP contribution in [0.15, 0.2) is 73.4 Å². The number of halogens is 4. The molecule has 5 aromatic rings. The molecule has 0 aliphatic carbocycles. The van der Waals surface area contributed by atoms with Crippen LogP contribution in [0.2, 0.25) is 0 Å². The number of carbonyl (C=O) groups is 1. The summed E-state index contributed by atoms with van der Waals surface area (Å²) in [5.74, 6) is -1.40. The van der Waals surface area contributed by atoms with Gasteiger partial charge in [-0.15, -0.1) is 0 Å². The highest BCUT2D eigenvalue weighted by atomic mass is 19.4. The van der Waals surface area contributed by atoms with E-state index in [0.717, 1.165) is 24.3 Å². The summed E-state index contributed by atoms with van der Waals surface area (Å²) in [6, 6.07) is 11.3. The van der Waals surface area contributed by atoms with Gasteiger partial charge in [0.25, 0.3) is 5.91 Å².